The first-order valence-corrected chi connectivity index (χ1v) is 28.0. The molecule has 1 aromatic carbocycles. The van der Waals surface area contributed by atoms with Crippen LogP contribution in [-0.2, 0) is 0 Å². The monoisotopic (exact) mass is 582 g/mol. The van der Waals surface area contributed by atoms with Gasteiger partial charge in [-0.05, 0) is 0 Å². The molecule has 4 heteroatoms. The Balaban J connectivity index is 3.46. The Hall–Kier alpha value is 0.406. The second-order valence-corrected chi connectivity index (χ2v) is 44.2. The first-order chi connectivity index (χ1) is 14.5. The Kier molecular flexibility index (Phi) is 11.8. The second kappa shape index (κ2) is 12.4. The van der Waals surface area contributed by atoms with Gasteiger partial charge in [0.25, 0.3) is 0 Å². The molecular weight excluding hydrogens is 532 g/mol. The van der Waals surface area contributed by atoms with Gasteiger partial charge in [-0.1, -0.05) is 0 Å². The van der Waals surface area contributed by atoms with Crippen molar-refractivity contribution in [3.63, 3.8) is 0 Å². The van der Waals surface area contributed by atoms with Crippen LogP contribution in [0.25, 0.3) is 12.2 Å². The maximum atomic E-state index is 2.63. The zero-order valence-corrected chi connectivity index (χ0v) is 30.8. The average molecular weight is 584 g/mol. The van der Waals surface area contributed by atoms with E-state index in [1.165, 1.54) is 11.1 Å². The Morgan fingerprint density at radius 3 is 0.906 bits per heavy atom. The number of rotatable bonds is 10. The minimum absolute atomic E-state index is 0.873. The van der Waals surface area contributed by atoms with Crippen LogP contribution in [0.3, 0.4) is 0 Å². The van der Waals surface area contributed by atoms with Gasteiger partial charge < -0.3 is 0 Å². The van der Waals surface area contributed by atoms with Crippen LogP contribution in [0, 0.1) is 0 Å². The van der Waals surface area contributed by atoms with Gasteiger partial charge in [0.05, 0.1) is 0 Å². The van der Waals surface area contributed by atoms with E-state index >= 15 is 0 Å². The molecule has 0 spiro atoms. The van der Waals surface area contributed by atoms with Gasteiger partial charge in [0.15, 0.2) is 0 Å². The molecule has 0 heterocycles. The fourth-order valence-electron chi connectivity index (χ4n) is 5.65. The quantitative estimate of drug-likeness (QED) is 0.240. The predicted molar refractivity (Wildman–Crippen MR) is 161 cm³/mol. The summed E-state index contributed by atoms with van der Waals surface area (Å²) >= 11 is -3.07. The van der Waals surface area contributed by atoms with Crippen molar-refractivity contribution in [1.82, 2.24) is 0 Å². The molecule has 0 radical (unpaired) electrons. The fraction of sp³-hybridized carbons (Fsp3) is 0.643. The van der Waals surface area contributed by atoms with Gasteiger partial charge in [0.2, 0.25) is 0 Å². The van der Waals surface area contributed by atoms with Crippen LogP contribution in [0.5, 0.6) is 0 Å². The third-order valence-corrected chi connectivity index (χ3v) is 40.8. The molecule has 0 aromatic heterocycles. The third kappa shape index (κ3) is 8.88. The van der Waals surface area contributed by atoms with E-state index in [0.717, 1.165) is 17.9 Å². The molecule has 32 heavy (non-hydrogen) atoms. The zero-order valence-electron chi connectivity index (χ0n) is 23.9. The Labute approximate surface area is 214 Å². The van der Waals surface area contributed by atoms with E-state index in [1.54, 1.807) is 0 Å². The van der Waals surface area contributed by atoms with Crippen molar-refractivity contribution in [3.05, 3.63) is 42.9 Å². The van der Waals surface area contributed by atoms with Gasteiger partial charge in [0, 0.05) is 0 Å². The topological polar surface area (TPSA) is 0 Å². The van der Waals surface area contributed by atoms with Gasteiger partial charge in [-0.3, -0.25) is 0 Å². The average Bonchev–Trinajstić information content (AvgIpc) is 2.59. The molecule has 0 atom stereocenters. The summed E-state index contributed by atoms with van der Waals surface area (Å²) < 4.78 is 7.32. The summed E-state index contributed by atoms with van der Waals surface area (Å²) in [6, 6.07) is 9.61. The molecule has 0 fully saturated rings. The molecule has 0 unspecified atom stereocenters. The van der Waals surface area contributed by atoms with Crippen molar-refractivity contribution in [2.75, 3.05) is 0 Å². The molecule has 178 valence electrons. The molecule has 0 aliphatic heterocycles. The van der Waals surface area contributed by atoms with Crippen LogP contribution in [-0.4, -0.2) is 48.6 Å². The Morgan fingerprint density at radius 1 is 0.531 bits per heavy atom. The van der Waals surface area contributed by atoms with Crippen molar-refractivity contribution in [1.29, 1.82) is 0 Å². The van der Waals surface area contributed by atoms with Crippen molar-refractivity contribution >= 4 is 60.7 Å². The van der Waals surface area contributed by atoms with Crippen molar-refractivity contribution in [3.8, 4) is 0 Å². The van der Waals surface area contributed by atoms with E-state index in [2.05, 4.69) is 131 Å². The standard InChI is InChI=1S/C16H24Si2.4C3H7.2Ga/c1-17(2,3)13-11-15-7-9-16(10-8-15)12-14-18(4,5)6;4*1-3-2;;/h7-12H,1-6H3;4*3H,1-2H3;;. The summed E-state index contributed by atoms with van der Waals surface area (Å²) in [6.07, 6.45) is 5.26. The summed E-state index contributed by atoms with van der Waals surface area (Å²) in [5.41, 5.74) is 2.86. The third-order valence-electron chi connectivity index (χ3n) is 6.90. The molecule has 0 aliphatic rings. The van der Waals surface area contributed by atoms with Crippen molar-refractivity contribution < 1.29 is 0 Å². The number of benzene rings is 1. The van der Waals surface area contributed by atoms with Gasteiger partial charge in [-0.15, -0.1) is 0 Å². The van der Waals surface area contributed by atoms with Gasteiger partial charge in [-0.2, -0.15) is 0 Å². The molecule has 0 saturated heterocycles. The van der Waals surface area contributed by atoms with Gasteiger partial charge >= 0.3 is 216 Å². The first kappa shape index (κ1) is 30.4. The zero-order chi connectivity index (χ0) is 25.0. The van der Waals surface area contributed by atoms with E-state index in [-0.39, 0.29) is 0 Å². The fourth-order valence-corrected chi connectivity index (χ4v) is 42.5. The summed E-state index contributed by atoms with van der Waals surface area (Å²) in [7, 11) is -2.63. The van der Waals surface area contributed by atoms with Gasteiger partial charge in [0.1, 0.15) is 0 Å². The molecule has 1 rings (SSSR count). The van der Waals surface area contributed by atoms with Crippen LogP contribution in [0.1, 0.15) is 66.5 Å². The van der Waals surface area contributed by atoms with Crippen LogP contribution in [0.2, 0.25) is 57.2 Å². The summed E-state index contributed by atoms with van der Waals surface area (Å²) in [6.45, 7) is 35.2. The van der Waals surface area contributed by atoms with E-state index in [0.29, 0.717) is 0 Å². The summed E-state index contributed by atoms with van der Waals surface area (Å²) in [4.78, 5) is 0. The van der Waals surface area contributed by atoms with Crippen LogP contribution >= 0.6 is 0 Å². The van der Waals surface area contributed by atoms with E-state index in [4.69, 9.17) is 0 Å². The molecule has 0 amide bonds. The van der Waals surface area contributed by atoms with Crippen LogP contribution in [0.4, 0.5) is 0 Å². The first-order valence-electron chi connectivity index (χ1n) is 13.0. The second-order valence-electron chi connectivity index (χ2n) is 13.4. The van der Waals surface area contributed by atoms with Crippen molar-refractivity contribution in [2.45, 2.75) is 113 Å². The molecule has 0 aliphatic carbocycles. The summed E-state index contributed by atoms with van der Waals surface area (Å²) in [5.74, 6) is 0. The maximum absolute atomic E-state index is 2.63. The molecule has 0 nitrogen and oxygen atoms in total. The van der Waals surface area contributed by atoms with Crippen LogP contribution < -0.4 is 0 Å². The number of hydrogen-bond donors (Lipinski definition) is 0. The number of hydrogen-bond acceptors (Lipinski definition) is 0. The van der Waals surface area contributed by atoms with E-state index in [1.807, 2.05) is 7.50 Å². The molecule has 0 N–H and O–H groups in total. The van der Waals surface area contributed by atoms with Crippen molar-refractivity contribution in [2.24, 2.45) is 0 Å². The molecule has 0 bridgehead atoms. The van der Waals surface area contributed by atoms with E-state index in [9.17, 15) is 0 Å². The molecule has 0 saturated carbocycles. The SMILES string of the molecule is C[CH](C)[Ga](/[C](=C\c1ccc(/C=[C](\[Ga]([CH](C)C)[CH](C)C)[Si](C)(C)C)cc1)[Si](C)(C)C)[CH](C)C. The predicted octanol–water partition coefficient (Wildman–Crippen LogP) is 9.92. The molecule has 1 aromatic rings. The normalized spacial score (nSPS) is 14.2. The minimum atomic E-state index is -1.53. The Bertz CT molecular complexity index is 690. The molecular formula is C28H52Ga2Si2. The van der Waals surface area contributed by atoms with Crippen LogP contribution in [0.15, 0.2) is 31.8 Å². The van der Waals surface area contributed by atoms with Gasteiger partial charge in [-0.25, -0.2) is 0 Å². The van der Waals surface area contributed by atoms with E-state index < -0.39 is 48.6 Å². The Morgan fingerprint density at radius 2 is 0.750 bits per heavy atom. The summed E-state index contributed by atoms with van der Waals surface area (Å²) in [5, 5.41) is 0.